The monoisotopic (exact) mass is 357 g/mol. The highest BCUT2D eigenvalue weighted by Crippen LogP contribution is 2.28. The minimum absolute atomic E-state index is 0.0700. The first-order valence-electron chi connectivity index (χ1n) is 8.89. The van der Waals surface area contributed by atoms with Gasteiger partial charge in [0.25, 0.3) is 5.91 Å². The van der Waals surface area contributed by atoms with E-state index in [4.69, 9.17) is 7.10 Å². The van der Waals surface area contributed by atoms with Crippen LogP contribution in [0.5, 0.6) is 0 Å². The van der Waals surface area contributed by atoms with Crippen molar-refractivity contribution in [2.75, 3.05) is 13.1 Å². The number of nitrogens with zero attached hydrogens (tertiary/aromatic N) is 2. The van der Waals surface area contributed by atoms with E-state index in [1.54, 1.807) is 6.07 Å². The Balaban J connectivity index is 1.81. The molecule has 0 aliphatic carbocycles. The van der Waals surface area contributed by atoms with Gasteiger partial charge in [0.1, 0.15) is 17.0 Å². The van der Waals surface area contributed by atoms with Gasteiger partial charge in [0.2, 0.25) is 5.95 Å². The summed E-state index contributed by atoms with van der Waals surface area (Å²) in [5.41, 5.74) is 5.91. The maximum atomic E-state index is 14.8. The summed E-state index contributed by atoms with van der Waals surface area (Å²) in [6.45, 7) is 1.28. The zero-order valence-electron chi connectivity index (χ0n) is 14.9. The van der Waals surface area contributed by atoms with Gasteiger partial charge >= 0.3 is 0 Å². The number of hydrogen-bond acceptors (Lipinski definition) is 3. The molecule has 0 radical (unpaired) electrons. The zero-order chi connectivity index (χ0) is 19.2. The summed E-state index contributed by atoms with van der Waals surface area (Å²) in [7, 11) is 0. The van der Waals surface area contributed by atoms with Gasteiger partial charge in [-0.25, -0.2) is 9.07 Å². The van der Waals surface area contributed by atoms with E-state index in [-0.39, 0.29) is 22.2 Å². The van der Waals surface area contributed by atoms with Gasteiger partial charge < -0.3 is 11.1 Å². The Labute approximate surface area is 150 Å². The first-order chi connectivity index (χ1) is 12.9. The van der Waals surface area contributed by atoms with Crippen LogP contribution in [0.25, 0.3) is 16.6 Å². The van der Waals surface area contributed by atoms with Crippen molar-refractivity contribution in [3.63, 3.8) is 0 Å². The van der Waals surface area contributed by atoms with Crippen LogP contribution < -0.4 is 11.1 Å². The molecule has 3 aromatic rings. The fourth-order valence-corrected chi connectivity index (χ4v) is 3.33. The average Bonchev–Trinajstić information content (AvgIpc) is 2.99. The lowest BCUT2D eigenvalue weighted by molar-refractivity contribution is 0.100. The number of carbonyl (C=O) groups excluding carboxylic acids is 1. The zero-order valence-corrected chi connectivity index (χ0v) is 13.9. The van der Waals surface area contributed by atoms with Crippen LogP contribution in [0.1, 0.15) is 36.0 Å². The lowest BCUT2D eigenvalue weighted by Gasteiger charge is -2.23. The molecule has 0 bridgehead atoms. The number of fused-ring (bicyclic) bond motifs is 1. The number of benzene rings is 2. The van der Waals surface area contributed by atoms with Gasteiger partial charge in [-0.15, -0.1) is 0 Å². The van der Waals surface area contributed by atoms with Gasteiger partial charge in [-0.2, -0.15) is 9.49 Å². The van der Waals surface area contributed by atoms with Gasteiger partial charge in [0.15, 0.2) is 0 Å². The number of nitrogens with one attached hydrogen (secondary N) is 1. The van der Waals surface area contributed by atoms with Crippen molar-refractivity contribution in [1.29, 1.82) is 0 Å². The van der Waals surface area contributed by atoms with E-state index in [0.717, 1.165) is 17.6 Å². The summed E-state index contributed by atoms with van der Waals surface area (Å²) in [5, 5.41) is 7.30. The van der Waals surface area contributed by atoms with E-state index in [9.17, 15) is 13.6 Å². The minimum atomic E-state index is -0.913. The second kappa shape index (κ2) is 6.49. The molecular weight excluding hydrogens is 338 g/mol. The van der Waals surface area contributed by atoms with Crippen LogP contribution in [-0.2, 0) is 0 Å². The molecule has 0 saturated carbocycles. The van der Waals surface area contributed by atoms with Crippen molar-refractivity contribution in [3.05, 3.63) is 59.3 Å². The number of piperidine rings is 1. The van der Waals surface area contributed by atoms with Gasteiger partial charge in [0.05, 0.1) is 10.9 Å². The standard InChI is InChI=1S/C19H18F2N4O/c20-15-9-11(12-3-2-8-23-10-12)6-7-16(15)25-18(21)13-4-1-5-14(19(22)26)17(13)24-25/h1,4-7,9,12,23H,2-3,8,10H2,(H2,22,26)/t12-/m1/s1/i12D. The Bertz CT molecular complexity index is 1040. The van der Waals surface area contributed by atoms with Crippen LogP contribution in [0.4, 0.5) is 8.78 Å². The Morgan fingerprint density at radius 2 is 2.19 bits per heavy atom. The first kappa shape index (κ1) is 15.5. The summed E-state index contributed by atoms with van der Waals surface area (Å²) in [5.74, 6) is -3.11. The van der Waals surface area contributed by atoms with Crippen molar-refractivity contribution in [1.82, 2.24) is 15.1 Å². The van der Waals surface area contributed by atoms with E-state index in [0.29, 0.717) is 18.5 Å². The minimum Gasteiger partial charge on any atom is -0.366 e. The maximum absolute atomic E-state index is 14.8. The molecular formula is C19H18F2N4O. The van der Waals surface area contributed by atoms with Crippen molar-refractivity contribution >= 4 is 16.8 Å². The van der Waals surface area contributed by atoms with Crippen molar-refractivity contribution in [2.45, 2.75) is 18.7 Å². The summed E-state index contributed by atoms with van der Waals surface area (Å²) < 4.78 is 39.0. The van der Waals surface area contributed by atoms with Crippen LogP contribution >= 0.6 is 0 Å². The van der Waals surface area contributed by atoms with Crippen molar-refractivity contribution in [3.8, 4) is 5.69 Å². The third kappa shape index (κ3) is 2.74. The number of aromatic nitrogens is 2. The SMILES string of the molecule is [2H][C@@]1(c2ccc(-n3nc4c(C(N)=O)cccc4c3F)c(F)c2)CCCNC1. The number of carbonyl (C=O) groups is 1. The van der Waals surface area contributed by atoms with Gasteiger partial charge in [-0.3, -0.25) is 4.79 Å². The molecule has 5 nitrogen and oxygen atoms in total. The average molecular weight is 357 g/mol. The largest absolute Gasteiger partial charge is 0.366 e. The number of nitrogens with two attached hydrogens (primary N) is 1. The molecule has 3 N–H and O–H groups in total. The lowest BCUT2D eigenvalue weighted by Crippen LogP contribution is -2.28. The van der Waals surface area contributed by atoms with E-state index in [1.165, 1.54) is 30.3 Å². The topological polar surface area (TPSA) is 72.9 Å². The molecule has 2 aromatic carbocycles. The highest BCUT2D eigenvalue weighted by Gasteiger charge is 2.21. The maximum Gasteiger partial charge on any atom is 0.250 e. The van der Waals surface area contributed by atoms with E-state index < -0.39 is 23.6 Å². The van der Waals surface area contributed by atoms with E-state index in [2.05, 4.69) is 10.4 Å². The molecule has 1 saturated heterocycles. The quantitative estimate of drug-likeness (QED) is 0.757. The molecule has 1 amide bonds. The molecule has 1 aliphatic rings. The second-order valence-electron chi connectivity index (χ2n) is 6.32. The van der Waals surface area contributed by atoms with Crippen LogP contribution in [0, 0.1) is 11.8 Å². The Hall–Kier alpha value is -2.80. The van der Waals surface area contributed by atoms with Crippen molar-refractivity contribution < 1.29 is 14.9 Å². The Kier molecular flexibility index (Phi) is 3.86. The van der Waals surface area contributed by atoms with Crippen LogP contribution in [0.15, 0.2) is 36.4 Å². The molecule has 0 spiro atoms. The number of hydrogen-bond donors (Lipinski definition) is 2. The predicted octanol–water partition coefficient (Wildman–Crippen LogP) is 2.87. The summed E-state index contributed by atoms with van der Waals surface area (Å²) in [6.07, 6.45) is 1.46. The summed E-state index contributed by atoms with van der Waals surface area (Å²) in [4.78, 5) is 11.5. The summed E-state index contributed by atoms with van der Waals surface area (Å²) in [6, 6.07) is 8.70. The van der Waals surface area contributed by atoms with Gasteiger partial charge in [-0.05, 0) is 55.1 Å². The van der Waals surface area contributed by atoms with Gasteiger partial charge in [-0.1, -0.05) is 12.1 Å². The third-order valence-electron chi connectivity index (χ3n) is 4.66. The summed E-state index contributed by atoms with van der Waals surface area (Å²) >= 11 is 0. The normalized spacial score (nSPS) is 20.9. The molecule has 1 fully saturated rings. The fourth-order valence-electron chi connectivity index (χ4n) is 3.33. The molecule has 1 aromatic heterocycles. The number of rotatable bonds is 3. The number of primary amides is 1. The second-order valence-corrected chi connectivity index (χ2v) is 6.32. The molecule has 134 valence electrons. The number of amides is 1. The molecule has 4 rings (SSSR count). The fraction of sp³-hybridized carbons (Fsp3) is 0.263. The number of halogens is 2. The molecule has 1 aliphatic heterocycles. The van der Waals surface area contributed by atoms with E-state index >= 15 is 0 Å². The Morgan fingerprint density at radius 1 is 1.35 bits per heavy atom. The predicted molar refractivity (Wildman–Crippen MR) is 94.3 cm³/mol. The molecule has 1 atom stereocenters. The molecule has 0 unspecified atom stereocenters. The van der Waals surface area contributed by atoms with Crippen LogP contribution in [0.2, 0.25) is 0 Å². The van der Waals surface area contributed by atoms with E-state index in [1.807, 2.05) is 0 Å². The van der Waals surface area contributed by atoms with Gasteiger partial charge in [0, 0.05) is 7.92 Å². The highest BCUT2D eigenvalue weighted by atomic mass is 19.1. The van der Waals surface area contributed by atoms with Crippen molar-refractivity contribution in [2.24, 2.45) is 5.73 Å². The molecule has 26 heavy (non-hydrogen) atoms. The molecule has 7 heteroatoms. The smallest absolute Gasteiger partial charge is 0.250 e. The highest BCUT2D eigenvalue weighted by molar-refractivity contribution is 6.04. The first-order valence-corrected chi connectivity index (χ1v) is 8.39. The van der Waals surface area contributed by atoms with Crippen LogP contribution in [-0.4, -0.2) is 28.8 Å². The molecule has 2 heterocycles. The Morgan fingerprint density at radius 3 is 2.88 bits per heavy atom. The van der Waals surface area contributed by atoms with Crippen LogP contribution in [0.3, 0.4) is 0 Å². The lowest BCUT2D eigenvalue weighted by atomic mass is 9.91. The third-order valence-corrected chi connectivity index (χ3v) is 4.66.